The summed E-state index contributed by atoms with van der Waals surface area (Å²) in [5, 5.41) is 12.8. The van der Waals surface area contributed by atoms with Crippen LogP contribution in [0.4, 0.5) is 0 Å². The summed E-state index contributed by atoms with van der Waals surface area (Å²) in [6.45, 7) is 5.21. The molecule has 0 heterocycles. The van der Waals surface area contributed by atoms with E-state index in [4.69, 9.17) is 16.3 Å². The molecular formula is C8H16ClNO2. The lowest BCUT2D eigenvalue weighted by Crippen LogP contribution is -2.23. The fourth-order valence-corrected chi connectivity index (χ4v) is 0.863. The predicted octanol–water partition coefficient (Wildman–Crippen LogP) is 0.726. The van der Waals surface area contributed by atoms with E-state index >= 15 is 0 Å². The Morgan fingerprint density at radius 3 is 2.92 bits per heavy atom. The van der Waals surface area contributed by atoms with Crippen molar-refractivity contribution in [2.45, 2.75) is 12.5 Å². The highest BCUT2D eigenvalue weighted by Gasteiger charge is 2.01. The zero-order valence-electron chi connectivity index (χ0n) is 7.35. The fraction of sp³-hybridized carbons (Fsp3) is 0.750. The van der Waals surface area contributed by atoms with Crippen LogP contribution in [0, 0.1) is 0 Å². The molecule has 0 spiro atoms. The molecule has 2 N–H and O–H groups in total. The van der Waals surface area contributed by atoms with E-state index < -0.39 is 6.10 Å². The summed E-state index contributed by atoms with van der Waals surface area (Å²) in [6.07, 6.45) is 0.268. The fourth-order valence-electron chi connectivity index (χ4n) is 0.768. The average molecular weight is 194 g/mol. The molecule has 0 aliphatic heterocycles. The summed E-state index contributed by atoms with van der Waals surface area (Å²) >= 11 is 5.51. The minimum atomic E-state index is -0.397. The van der Waals surface area contributed by atoms with E-state index in [1.807, 2.05) is 0 Å². The highest BCUT2D eigenvalue weighted by Crippen LogP contribution is 1.94. The van der Waals surface area contributed by atoms with Gasteiger partial charge in [-0.15, -0.1) is 0 Å². The Kier molecular flexibility index (Phi) is 7.50. The third-order valence-corrected chi connectivity index (χ3v) is 1.46. The van der Waals surface area contributed by atoms with Crippen molar-refractivity contribution < 1.29 is 9.84 Å². The molecule has 12 heavy (non-hydrogen) atoms. The average Bonchev–Trinajstić information content (AvgIpc) is 1.98. The molecule has 0 saturated carbocycles. The minimum absolute atomic E-state index is 0.378. The Bertz CT molecular complexity index is 130. The standard InChI is InChI=1S/C8H16ClNO2/c1-7(9)5-10-4-3-8(11)6-12-2/h8,10-11H,1,3-6H2,2H3. The van der Waals surface area contributed by atoms with Gasteiger partial charge >= 0.3 is 0 Å². The van der Waals surface area contributed by atoms with E-state index in [9.17, 15) is 5.11 Å². The lowest BCUT2D eigenvalue weighted by Gasteiger charge is -2.09. The van der Waals surface area contributed by atoms with E-state index in [1.165, 1.54) is 0 Å². The zero-order chi connectivity index (χ0) is 9.40. The summed E-state index contributed by atoms with van der Waals surface area (Å²) in [5.74, 6) is 0. The summed E-state index contributed by atoms with van der Waals surface area (Å²) in [5.41, 5.74) is 0. The number of aliphatic hydroxyl groups excluding tert-OH is 1. The number of aliphatic hydroxyl groups is 1. The van der Waals surface area contributed by atoms with Crippen LogP contribution >= 0.6 is 11.6 Å². The number of methoxy groups -OCH3 is 1. The highest BCUT2D eigenvalue weighted by atomic mass is 35.5. The SMILES string of the molecule is C=C(Cl)CNCCC(O)COC. The van der Waals surface area contributed by atoms with Gasteiger partial charge in [0, 0.05) is 18.7 Å². The van der Waals surface area contributed by atoms with E-state index in [0.29, 0.717) is 24.6 Å². The van der Waals surface area contributed by atoms with Gasteiger partial charge in [0.15, 0.2) is 0 Å². The number of nitrogens with one attached hydrogen (secondary N) is 1. The molecule has 0 aromatic carbocycles. The van der Waals surface area contributed by atoms with Crippen LogP contribution in [0.5, 0.6) is 0 Å². The summed E-state index contributed by atoms with van der Waals surface area (Å²) < 4.78 is 4.76. The maximum Gasteiger partial charge on any atom is 0.0785 e. The molecule has 1 atom stereocenters. The second kappa shape index (κ2) is 7.55. The molecule has 0 saturated heterocycles. The molecule has 0 bridgehead atoms. The first-order valence-electron chi connectivity index (χ1n) is 3.87. The van der Waals surface area contributed by atoms with Gasteiger partial charge in [-0.2, -0.15) is 0 Å². The summed E-state index contributed by atoms with van der Waals surface area (Å²) in [6, 6.07) is 0. The van der Waals surface area contributed by atoms with Crippen molar-refractivity contribution >= 4 is 11.6 Å². The van der Waals surface area contributed by atoms with Crippen molar-refractivity contribution in [1.29, 1.82) is 0 Å². The molecule has 0 aliphatic rings. The van der Waals surface area contributed by atoms with Crippen LogP contribution in [0.1, 0.15) is 6.42 Å². The lowest BCUT2D eigenvalue weighted by atomic mass is 10.2. The van der Waals surface area contributed by atoms with Gasteiger partial charge in [0.1, 0.15) is 0 Å². The van der Waals surface area contributed by atoms with Gasteiger partial charge in [-0.3, -0.25) is 0 Å². The van der Waals surface area contributed by atoms with Crippen LogP contribution in [0.3, 0.4) is 0 Å². The number of hydrogen-bond acceptors (Lipinski definition) is 3. The molecular weight excluding hydrogens is 178 g/mol. The van der Waals surface area contributed by atoms with Gasteiger partial charge < -0.3 is 15.2 Å². The third-order valence-electron chi connectivity index (χ3n) is 1.33. The van der Waals surface area contributed by atoms with Crippen molar-refractivity contribution in [3.05, 3.63) is 11.6 Å². The van der Waals surface area contributed by atoms with Gasteiger partial charge in [0.25, 0.3) is 0 Å². The van der Waals surface area contributed by atoms with Gasteiger partial charge in [0.2, 0.25) is 0 Å². The van der Waals surface area contributed by atoms with Gasteiger partial charge in [-0.1, -0.05) is 18.2 Å². The van der Waals surface area contributed by atoms with Crippen molar-refractivity contribution in [3.63, 3.8) is 0 Å². The first-order chi connectivity index (χ1) is 5.66. The zero-order valence-corrected chi connectivity index (χ0v) is 8.10. The van der Waals surface area contributed by atoms with Crippen molar-refractivity contribution in [3.8, 4) is 0 Å². The van der Waals surface area contributed by atoms with E-state index in [-0.39, 0.29) is 0 Å². The van der Waals surface area contributed by atoms with E-state index in [2.05, 4.69) is 11.9 Å². The molecule has 0 radical (unpaired) electrons. The molecule has 4 heteroatoms. The summed E-state index contributed by atoms with van der Waals surface area (Å²) in [4.78, 5) is 0. The molecule has 0 amide bonds. The number of hydrogen-bond donors (Lipinski definition) is 2. The second-order valence-corrected chi connectivity index (χ2v) is 3.13. The maximum absolute atomic E-state index is 9.19. The summed E-state index contributed by atoms with van der Waals surface area (Å²) in [7, 11) is 1.57. The van der Waals surface area contributed by atoms with E-state index in [0.717, 1.165) is 6.54 Å². The Morgan fingerprint density at radius 1 is 1.75 bits per heavy atom. The Morgan fingerprint density at radius 2 is 2.42 bits per heavy atom. The number of ether oxygens (including phenoxy) is 1. The smallest absolute Gasteiger partial charge is 0.0785 e. The third kappa shape index (κ3) is 8.01. The van der Waals surface area contributed by atoms with Crippen molar-refractivity contribution in [1.82, 2.24) is 5.32 Å². The van der Waals surface area contributed by atoms with Crippen LogP contribution in [0.25, 0.3) is 0 Å². The van der Waals surface area contributed by atoms with Crippen LogP contribution in [-0.4, -0.2) is 38.0 Å². The van der Waals surface area contributed by atoms with E-state index in [1.54, 1.807) is 7.11 Å². The quantitative estimate of drug-likeness (QED) is 0.586. The Balaban J connectivity index is 3.13. The van der Waals surface area contributed by atoms with Crippen molar-refractivity contribution in [2.24, 2.45) is 0 Å². The number of halogens is 1. The topological polar surface area (TPSA) is 41.5 Å². The molecule has 0 rings (SSSR count). The predicted molar refractivity (Wildman–Crippen MR) is 50.4 cm³/mol. The second-order valence-electron chi connectivity index (χ2n) is 2.59. The Hall–Kier alpha value is -0.0900. The molecule has 0 aromatic heterocycles. The molecule has 72 valence electrons. The molecule has 0 aromatic rings. The maximum atomic E-state index is 9.19. The van der Waals surface area contributed by atoms with Gasteiger partial charge in [0.05, 0.1) is 12.7 Å². The first-order valence-corrected chi connectivity index (χ1v) is 4.25. The lowest BCUT2D eigenvalue weighted by molar-refractivity contribution is 0.0596. The molecule has 3 nitrogen and oxygen atoms in total. The molecule has 0 aliphatic carbocycles. The normalized spacial score (nSPS) is 12.9. The molecule has 1 unspecified atom stereocenters. The highest BCUT2D eigenvalue weighted by molar-refractivity contribution is 6.29. The minimum Gasteiger partial charge on any atom is -0.391 e. The molecule has 0 fully saturated rings. The van der Waals surface area contributed by atoms with Crippen LogP contribution < -0.4 is 5.32 Å². The van der Waals surface area contributed by atoms with Crippen LogP contribution in [0.15, 0.2) is 11.6 Å². The van der Waals surface area contributed by atoms with Crippen LogP contribution in [0.2, 0.25) is 0 Å². The number of rotatable bonds is 7. The van der Waals surface area contributed by atoms with Gasteiger partial charge in [-0.25, -0.2) is 0 Å². The first kappa shape index (κ1) is 11.9. The Labute approximate surface area is 78.4 Å². The monoisotopic (exact) mass is 193 g/mol. The van der Waals surface area contributed by atoms with Gasteiger partial charge in [-0.05, 0) is 13.0 Å². The van der Waals surface area contributed by atoms with Crippen LogP contribution in [-0.2, 0) is 4.74 Å². The largest absolute Gasteiger partial charge is 0.391 e. The van der Waals surface area contributed by atoms with Crippen molar-refractivity contribution in [2.75, 3.05) is 26.8 Å².